The summed E-state index contributed by atoms with van der Waals surface area (Å²) in [6.45, 7) is 6.89. The zero-order valence-corrected chi connectivity index (χ0v) is 11.2. The molecule has 98 valence electrons. The van der Waals surface area contributed by atoms with Gasteiger partial charge in [-0.2, -0.15) is 0 Å². The molecule has 2 heterocycles. The smallest absolute Gasteiger partial charge is 0.225 e. The van der Waals surface area contributed by atoms with Crippen LogP contribution in [0.1, 0.15) is 33.1 Å². The maximum absolute atomic E-state index is 12.3. The van der Waals surface area contributed by atoms with Crippen molar-refractivity contribution < 1.29 is 9.53 Å². The zero-order chi connectivity index (χ0) is 12.5. The van der Waals surface area contributed by atoms with Gasteiger partial charge in [-0.15, -0.1) is 0 Å². The first-order valence-electron chi connectivity index (χ1n) is 6.59. The Morgan fingerprint density at radius 2 is 2.24 bits per heavy atom. The largest absolute Gasteiger partial charge is 0.378 e. The molecule has 0 aliphatic carbocycles. The van der Waals surface area contributed by atoms with Crippen LogP contribution in [0, 0.1) is 5.92 Å². The van der Waals surface area contributed by atoms with E-state index in [4.69, 9.17) is 4.74 Å². The van der Waals surface area contributed by atoms with E-state index in [0.29, 0.717) is 18.4 Å². The standard InChI is InChI=1S/C13H24N2O2/c1-13(2,17-3)7-12(16)15-6-4-5-10-8-14-9-11(10)15/h10-11,14H,4-9H2,1-3H3. The number of hydrogen-bond acceptors (Lipinski definition) is 3. The lowest BCUT2D eigenvalue weighted by Crippen LogP contribution is -2.50. The minimum Gasteiger partial charge on any atom is -0.378 e. The van der Waals surface area contributed by atoms with Crippen molar-refractivity contribution in [3.8, 4) is 0 Å². The van der Waals surface area contributed by atoms with E-state index in [2.05, 4.69) is 10.2 Å². The normalized spacial score (nSPS) is 29.2. The van der Waals surface area contributed by atoms with Crippen LogP contribution in [0.2, 0.25) is 0 Å². The van der Waals surface area contributed by atoms with Crippen LogP contribution in [-0.4, -0.2) is 49.2 Å². The minimum absolute atomic E-state index is 0.246. The van der Waals surface area contributed by atoms with Crippen molar-refractivity contribution in [1.29, 1.82) is 0 Å². The molecule has 4 heteroatoms. The number of nitrogens with one attached hydrogen (secondary N) is 1. The average molecular weight is 240 g/mol. The molecule has 17 heavy (non-hydrogen) atoms. The highest BCUT2D eigenvalue weighted by Crippen LogP contribution is 2.28. The van der Waals surface area contributed by atoms with Crippen LogP contribution in [0.15, 0.2) is 0 Å². The summed E-state index contributed by atoms with van der Waals surface area (Å²) in [6.07, 6.45) is 2.88. The van der Waals surface area contributed by atoms with E-state index in [0.717, 1.165) is 26.1 Å². The second-order valence-corrected chi connectivity index (χ2v) is 5.86. The van der Waals surface area contributed by atoms with Crippen molar-refractivity contribution in [1.82, 2.24) is 10.2 Å². The highest BCUT2D eigenvalue weighted by molar-refractivity contribution is 5.77. The minimum atomic E-state index is -0.351. The van der Waals surface area contributed by atoms with E-state index < -0.39 is 0 Å². The van der Waals surface area contributed by atoms with E-state index >= 15 is 0 Å². The molecule has 1 N–H and O–H groups in total. The molecule has 2 unspecified atom stereocenters. The van der Waals surface area contributed by atoms with Crippen molar-refractivity contribution in [2.24, 2.45) is 5.92 Å². The van der Waals surface area contributed by atoms with Gasteiger partial charge in [0, 0.05) is 32.8 Å². The molecule has 2 aliphatic heterocycles. The van der Waals surface area contributed by atoms with Crippen LogP contribution < -0.4 is 5.32 Å². The van der Waals surface area contributed by atoms with Gasteiger partial charge in [0.25, 0.3) is 0 Å². The second-order valence-electron chi connectivity index (χ2n) is 5.86. The van der Waals surface area contributed by atoms with Crippen molar-refractivity contribution >= 4 is 5.91 Å². The van der Waals surface area contributed by atoms with Gasteiger partial charge >= 0.3 is 0 Å². The number of piperidine rings is 1. The van der Waals surface area contributed by atoms with Crippen molar-refractivity contribution in [2.75, 3.05) is 26.7 Å². The summed E-state index contributed by atoms with van der Waals surface area (Å²) in [5, 5.41) is 3.40. The molecule has 0 bridgehead atoms. The fraction of sp³-hybridized carbons (Fsp3) is 0.923. The van der Waals surface area contributed by atoms with Gasteiger partial charge in [-0.25, -0.2) is 0 Å². The predicted molar refractivity (Wildman–Crippen MR) is 66.8 cm³/mol. The summed E-state index contributed by atoms with van der Waals surface area (Å²) in [6, 6.07) is 0.420. The second kappa shape index (κ2) is 4.94. The van der Waals surface area contributed by atoms with Gasteiger partial charge < -0.3 is 15.0 Å². The number of carbonyl (C=O) groups excluding carboxylic acids is 1. The summed E-state index contributed by atoms with van der Waals surface area (Å²) in [5.41, 5.74) is -0.351. The van der Waals surface area contributed by atoms with Crippen LogP contribution in [0.4, 0.5) is 0 Å². The predicted octanol–water partition coefficient (Wildman–Crippen LogP) is 1.01. The molecule has 0 spiro atoms. The van der Waals surface area contributed by atoms with Gasteiger partial charge in [0.1, 0.15) is 0 Å². The first-order chi connectivity index (χ1) is 8.03. The SMILES string of the molecule is COC(C)(C)CC(=O)N1CCCC2CNCC21. The molecule has 1 amide bonds. The van der Waals surface area contributed by atoms with E-state index in [1.54, 1.807) is 7.11 Å². The number of ether oxygens (including phenoxy) is 1. The molecule has 0 radical (unpaired) electrons. The van der Waals surface area contributed by atoms with Crippen LogP contribution >= 0.6 is 0 Å². The third-order valence-corrected chi connectivity index (χ3v) is 4.13. The Morgan fingerprint density at radius 1 is 1.47 bits per heavy atom. The van der Waals surface area contributed by atoms with Gasteiger partial charge in [-0.1, -0.05) is 0 Å². The Morgan fingerprint density at radius 3 is 2.94 bits per heavy atom. The first kappa shape index (κ1) is 12.8. The van der Waals surface area contributed by atoms with E-state index in [1.165, 1.54) is 6.42 Å². The highest BCUT2D eigenvalue weighted by Gasteiger charge is 2.38. The van der Waals surface area contributed by atoms with E-state index in [9.17, 15) is 4.79 Å². The van der Waals surface area contributed by atoms with E-state index in [1.807, 2.05) is 13.8 Å². The molecular weight excluding hydrogens is 216 g/mol. The molecule has 4 nitrogen and oxygen atoms in total. The Bertz CT molecular complexity index is 291. The molecular formula is C13H24N2O2. The average Bonchev–Trinajstić information content (AvgIpc) is 2.76. The molecule has 0 saturated carbocycles. The number of fused-ring (bicyclic) bond motifs is 1. The number of methoxy groups -OCH3 is 1. The van der Waals surface area contributed by atoms with Gasteiger partial charge in [0.05, 0.1) is 12.0 Å². The number of amides is 1. The summed E-state index contributed by atoms with van der Waals surface area (Å²) in [5.74, 6) is 0.911. The molecule has 2 fully saturated rings. The lowest BCUT2D eigenvalue weighted by atomic mass is 9.91. The number of rotatable bonds is 3. The number of carbonyl (C=O) groups is 1. The van der Waals surface area contributed by atoms with Crippen molar-refractivity contribution in [3.05, 3.63) is 0 Å². The fourth-order valence-electron chi connectivity index (χ4n) is 2.92. The summed E-state index contributed by atoms with van der Waals surface area (Å²) < 4.78 is 5.35. The van der Waals surface area contributed by atoms with Crippen LogP contribution in [0.25, 0.3) is 0 Å². The Labute approximate surface area is 104 Å². The van der Waals surface area contributed by atoms with Crippen LogP contribution in [0.5, 0.6) is 0 Å². The lowest BCUT2D eigenvalue weighted by Gasteiger charge is -2.38. The number of likely N-dealkylation sites (tertiary alicyclic amines) is 1. The lowest BCUT2D eigenvalue weighted by molar-refractivity contribution is -0.140. The van der Waals surface area contributed by atoms with Gasteiger partial charge in [0.2, 0.25) is 5.91 Å². The van der Waals surface area contributed by atoms with Crippen molar-refractivity contribution in [3.63, 3.8) is 0 Å². The Kier molecular flexibility index (Phi) is 3.73. The molecule has 0 aromatic heterocycles. The van der Waals surface area contributed by atoms with Gasteiger partial charge in [0.15, 0.2) is 0 Å². The quantitative estimate of drug-likeness (QED) is 0.800. The van der Waals surface area contributed by atoms with Crippen LogP contribution in [0.3, 0.4) is 0 Å². The Balaban J connectivity index is 1.98. The Hall–Kier alpha value is -0.610. The summed E-state index contributed by atoms with van der Waals surface area (Å²) in [7, 11) is 1.67. The number of nitrogens with zero attached hydrogens (tertiary/aromatic N) is 1. The third-order valence-electron chi connectivity index (χ3n) is 4.13. The van der Waals surface area contributed by atoms with Crippen molar-refractivity contribution in [2.45, 2.75) is 44.8 Å². The molecule has 2 saturated heterocycles. The molecule has 2 rings (SSSR count). The third kappa shape index (κ3) is 2.80. The molecule has 2 aliphatic rings. The zero-order valence-electron chi connectivity index (χ0n) is 11.2. The fourth-order valence-corrected chi connectivity index (χ4v) is 2.92. The topological polar surface area (TPSA) is 41.6 Å². The summed E-state index contributed by atoms with van der Waals surface area (Å²) in [4.78, 5) is 14.4. The van der Waals surface area contributed by atoms with E-state index in [-0.39, 0.29) is 11.5 Å². The molecule has 0 aromatic carbocycles. The first-order valence-corrected chi connectivity index (χ1v) is 6.59. The maximum Gasteiger partial charge on any atom is 0.225 e. The summed E-state index contributed by atoms with van der Waals surface area (Å²) >= 11 is 0. The highest BCUT2D eigenvalue weighted by atomic mass is 16.5. The maximum atomic E-state index is 12.3. The molecule has 0 aromatic rings. The molecule has 2 atom stereocenters. The van der Waals surface area contributed by atoms with Gasteiger partial charge in [-0.3, -0.25) is 4.79 Å². The van der Waals surface area contributed by atoms with Gasteiger partial charge in [-0.05, 0) is 32.6 Å². The number of hydrogen-bond donors (Lipinski definition) is 1. The monoisotopic (exact) mass is 240 g/mol. The van der Waals surface area contributed by atoms with Crippen LogP contribution in [-0.2, 0) is 9.53 Å².